The summed E-state index contributed by atoms with van der Waals surface area (Å²) < 4.78 is 2.08. The van der Waals surface area contributed by atoms with E-state index >= 15 is 0 Å². The summed E-state index contributed by atoms with van der Waals surface area (Å²) in [6.45, 7) is 1.82. The van der Waals surface area contributed by atoms with Gasteiger partial charge in [-0.1, -0.05) is 12.1 Å². The minimum atomic E-state index is -1.00. The second-order valence-corrected chi connectivity index (χ2v) is 5.90. The Balaban J connectivity index is 2.11. The molecule has 23 heavy (non-hydrogen) atoms. The Bertz CT molecular complexity index is 968. The van der Waals surface area contributed by atoms with Crippen LogP contribution in [-0.2, 0) is 0 Å². The van der Waals surface area contributed by atoms with Crippen molar-refractivity contribution >= 4 is 32.8 Å². The van der Waals surface area contributed by atoms with Gasteiger partial charge in [0.2, 0.25) is 0 Å². The zero-order valence-corrected chi connectivity index (χ0v) is 13.7. The van der Waals surface area contributed by atoms with Crippen LogP contribution in [0.25, 0.3) is 10.9 Å². The van der Waals surface area contributed by atoms with E-state index < -0.39 is 5.97 Å². The van der Waals surface area contributed by atoms with Gasteiger partial charge in [-0.25, -0.2) is 14.8 Å². The maximum absolute atomic E-state index is 12.6. The molecule has 0 aliphatic carbocycles. The molecule has 3 rings (SSSR count). The Labute approximate surface area is 139 Å². The highest BCUT2D eigenvalue weighted by molar-refractivity contribution is 9.10. The van der Waals surface area contributed by atoms with Gasteiger partial charge in [0.05, 0.1) is 28.8 Å². The lowest BCUT2D eigenvalue weighted by Gasteiger charge is -2.16. The molecule has 0 amide bonds. The van der Waals surface area contributed by atoms with E-state index in [-0.39, 0.29) is 17.2 Å². The average Bonchev–Trinajstić information content (AvgIpc) is 2.54. The first-order valence-corrected chi connectivity index (χ1v) is 7.62. The molecule has 1 atom stereocenters. The molecular formula is C16H12BrN3O3. The number of aromatic nitrogens is 3. The Morgan fingerprint density at radius 3 is 2.83 bits per heavy atom. The average molecular weight is 374 g/mol. The lowest BCUT2D eigenvalue weighted by molar-refractivity contribution is 0.0696. The van der Waals surface area contributed by atoms with Gasteiger partial charge in [-0.05, 0) is 46.6 Å². The van der Waals surface area contributed by atoms with Gasteiger partial charge in [0.15, 0.2) is 0 Å². The number of carboxylic acids is 1. The number of fused-ring (bicyclic) bond motifs is 1. The highest BCUT2D eigenvalue weighted by atomic mass is 79.9. The molecule has 2 heterocycles. The smallest absolute Gasteiger partial charge is 0.335 e. The van der Waals surface area contributed by atoms with Crippen LogP contribution in [0.5, 0.6) is 0 Å². The van der Waals surface area contributed by atoms with Crippen LogP contribution in [0.4, 0.5) is 0 Å². The maximum Gasteiger partial charge on any atom is 0.335 e. The van der Waals surface area contributed by atoms with Crippen molar-refractivity contribution in [3.8, 4) is 0 Å². The van der Waals surface area contributed by atoms with E-state index in [4.69, 9.17) is 5.11 Å². The van der Waals surface area contributed by atoms with E-state index in [0.717, 1.165) is 5.56 Å². The Morgan fingerprint density at radius 1 is 1.30 bits per heavy atom. The molecule has 1 aromatic carbocycles. The molecule has 1 unspecified atom stereocenters. The molecule has 0 fully saturated rings. The van der Waals surface area contributed by atoms with E-state index in [2.05, 4.69) is 25.9 Å². The summed E-state index contributed by atoms with van der Waals surface area (Å²) in [6, 6.07) is 7.85. The Kier molecular flexibility index (Phi) is 3.96. The zero-order valence-electron chi connectivity index (χ0n) is 12.1. The summed E-state index contributed by atoms with van der Waals surface area (Å²) in [5, 5.41) is 9.50. The van der Waals surface area contributed by atoms with Crippen LogP contribution in [0.15, 0.2) is 52.3 Å². The van der Waals surface area contributed by atoms with E-state index in [1.54, 1.807) is 24.3 Å². The van der Waals surface area contributed by atoms with Crippen LogP contribution in [0.1, 0.15) is 28.9 Å². The van der Waals surface area contributed by atoms with Gasteiger partial charge in [0, 0.05) is 6.20 Å². The number of halogens is 1. The van der Waals surface area contributed by atoms with Gasteiger partial charge < -0.3 is 5.11 Å². The summed E-state index contributed by atoms with van der Waals surface area (Å²) in [5.41, 5.74) is 1.24. The second-order valence-electron chi connectivity index (χ2n) is 5.09. The van der Waals surface area contributed by atoms with Crippen molar-refractivity contribution in [2.24, 2.45) is 0 Å². The SMILES string of the molecule is CC(c1cccc(C(=O)O)c1)n1cnc2cc(Br)ncc2c1=O. The summed E-state index contributed by atoms with van der Waals surface area (Å²) in [7, 11) is 0. The largest absolute Gasteiger partial charge is 0.478 e. The van der Waals surface area contributed by atoms with E-state index in [1.165, 1.54) is 23.2 Å². The van der Waals surface area contributed by atoms with Crippen LogP contribution >= 0.6 is 15.9 Å². The third-order valence-corrected chi connectivity index (χ3v) is 4.10. The van der Waals surface area contributed by atoms with Crippen molar-refractivity contribution in [3.05, 3.63) is 68.9 Å². The summed E-state index contributed by atoms with van der Waals surface area (Å²) in [5.74, 6) is -1.00. The van der Waals surface area contributed by atoms with Gasteiger partial charge in [0.25, 0.3) is 5.56 Å². The zero-order chi connectivity index (χ0) is 16.6. The summed E-state index contributed by atoms with van der Waals surface area (Å²) in [6.07, 6.45) is 2.95. The summed E-state index contributed by atoms with van der Waals surface area (Å²) >= 11 is 3.25. The molecule has 0 bridgehead atoms. The van der Waals surface area contributed by atoms with Crippen molar-refractivity contribution < 1.29 is 9.90 Å². The molecule has 0 saturated carbocycles. The van der Waals surface area contributed by atoms with Gasteiger partial charge >= 0.3 is 5.97 Å². The monoisotopic (exact) mass is 373 g/mol. The van der Waals surface area contributed by atoms with Crippen molar-refractivity contribution in [2.75, 3.05) is 0 Å². The van der Waals surface area contributed by atoms with Gasteiger partial charge in [0.1, 0.15) is 4.60 Å². The van der Waals surface area contributed by atoms with Crippen LogP contribution < -0.4 is 5.56 Å². The third-order valence-electron chi connectivity index (χ3n) is 3.67. The Morgan fingerprint density at radius 2 is 2.09 bits per heavy atom. The highest BCUT2D eigenvalue weighted by Gasteiger charge is 2.14. The molecule has 6 nitrogen and oxygen atoms in total. The first-order valence-electron chi connectivity index (χ1n) is 6.83. The highest BCUT2D eigenvalue weighted by Crippen LogP contribution is 2.19. The molecule has 0 aliphatic rings. The summed E-state index contributed by atoms with van der Waals surface area (Å²) in [4.78, 5) is 32.1. The fraction of sp³-hybridized carbons (Fsp3) is 0.125. The van der Waals surface area contributed by atoms with Gasteiger partial charge in [-0.2, -0.15) is 0 Å². The quantitative estimate of drug-likeness (QED) is 0.713. The molecule has 116 valence electrons. The fourth-order valence-corrected chi connectivity index (χ4v) is 2.69. The van der Waals surface area contributed by atoms with E-state index in [9.17, 15) is 9.59 Å². The molecular weight excluding hydrogens is 362 g/mol. The van der Waals surface area contributed by atoms with Crippen LogP contribution in [0.2, 0.25) is 0 Å². The number of nitrogens with zero attached hydrogens (tertiary/aromatic N) is 3. The van der Waals surface area contributed by atoms with Crippen molar-refractivity contribution in [2.45, 2.75) is 13.0 Å². The molecule has 0 saturated heterocycles. The number of aromatic carboxylic acids is 1. The number of hydrogen-bond donors (Lipinski definition) is 1. The lowest BCUT2D eigenvalue weighted by Crippen LogP contribution is -2.24. The predicted octanol–water partition coefficient (Wildman–Crippen LogP) is 2.86. The predicted molar refractivity (Wildman–Crippen MR) is 88.7 cm³/mol. The van der Waals surface area contributed by atoms with Crippen LogP contribution in [-0.4, -0.2) is 25.6 Å². The number of carboxylic acid groups (broad SMARTS) is 1. The number of rotatable bonds is 3. The molecule has 3 aromatic rings. The van der Waals surface area contributed by atoms with E-state index in [0.29, 0.717) is 15.5 Å². The van der Waals surface area contributed by atoms with Crippen molar-refractivity contribution in [3.63, 3.8) is 0 Å². The topological polar surface area (TPSA) is 85.1 Å². The standard InChI is InChI=1S/C16H12BrN3O3/c1-9(10-3-2-4-11(5-10)16(22)23)20-8-19-13-6-14(17)18-7-12(13)15(20)21/h2-9H,1H3,(H,22,23). The van der Waals surface area contributed by atoms with Gasteiger partial charge in [-0.15, -0.1) is 0 Å². The second kappa shape index (κ2) is 5.92. The van der Waals surface area contributed by atoms with Crippen LogP contribution in [0, 0.1) is 0 Å². The lowest BCUT2D eigenvalue weighted by atomic mass is 10.0. The van der Waals surface area contributed by atoms with Gasteiger partial charge in [-0.3, -0.25) is 9.36 Å². The fourth-order valence-electron chi connectivity index (χ4n) is 2.38. The molecule has 0 radical (unpaired) electrons. The first kappa shape index (κ1) is 15.4. The molecule has 7 heteroatoms. The number of pyridine rings is 1. The number of hydrogen-bond acceptors (Lipinski definition) is 4. The maximum atomic E-state index is 12.6. The minimum Gasteiger partial charge on any atom is -0.478 e. The van der Waals surface area contributed by atoms with Crippen LogP contribution in [0.3, 0.4) is 0 Å². The third kappa shape index (κ3) is 2.87. The molecule has 2 aromatic heterocycles. The normalized spacial score (nSPS) is 12.3. The molecule has 0 spiro atoms. The van der Waals surface area contributed by atoms with Crippen molar-refractivity contribution in [1.29, 1.82) is 0 Å². The first-order chi connectivity index (χ1) is 11.0. The number of carbonyl (C=O) groups is 1. The minimum absolute atomic E-state index is 0.182. The number of benzene rings is 1. The molecule has 1 N–H and O–H groups in total. The van der Waals surface area contributed by atoms with E-state index in [1.807, 2.05) is 6.92 Å². The van der Waals surface area contributed by atoms with Crippen molar-refractivity contribution in [1.82, 2.24) is 14.5 Å². The Hall–Kier alpha value is -2.54. The molecule has 0 aliphatic heterocycles.